The van der Waals surface area contributed by atoms with Crippen LogP contribution in [0.15, 0.2) is 71.9 Å². The minimum Gasteiger partial charge on any atom is -0.365 e. The Labute approximate surface area is 185 Å². The first-order chi connectivity index (χ1) is 15.2. The van der Waals surface area contributed by atoms with Gasteiger partial charge in [-0.25, -0.2) is 4.98 Å². The van der Waals surface area contributed by atoms with Gasteiger partial charge in [-0.2, -0.15) is 0 Å². The summed E-state index contributed by atoms with van der Waals surface area (Å²) in [5, 5.41) is 3.57. The molecule has 0 unspecified atom stereocenters. The highest BCUT2D eigenvalue weighted by Gasteiger charge is 2.27. The number of thioether (sulfide) groups is 1. The highest BCUT2D eigenvalue weighted by molar-refractivity contribution is 8.00. The SMILES string of the molecule is O=C1CSc2ncc(C(=O)N3CCCN(Cc4ccccc4)c4ccccc43)cc2N1. The van der Waals surface area contributed by atoms with E-state index in [2.05, 4.69) is 45.5 Å². The van der Waals surface area contributed by atoms with Crippen LogP contribution in [-0.4, -0.2) is 35.6 Å². The van der Waals surface area contributed by atoms with Crippen molar-refractivity contribution in [3.63, 3.8) is 0 Å². The van der Waals surface area contributed by atoms with Crippen molar-refractivity contribution >= 4 is 40.6 Å². The average Bonchev–Trinajstić information content (AvgIpc) is 2.98. The number of amides is 2. The first kappa shape index (κ1) is 19.6. The number of para-hydroxylation sites is 2. The van der Waals surface area contributed by atoms with E-state index >= 15 is 0 Å². The fraction of sp³-hybridized carbons (Fsp3) is 0.208. The van der Waals surface area contributed by atoms with Crippen molar-refractivity contribution in [1.29, 1.82) is 0 Å². The molecule has 31 heavy (non-hydrogen) atoms. The molecule has 0 bridgehead atoms. The van der Waals surface area contributed by atoms with Crippen molar-refractivity contribution in [3.05, 3.63) is 78.0 Å². The van der Waals surface area contributed by atoms with Crippen LogP contribution in [0.4, 0.5) is 17.1 Å². The lowest BCUT2D eigenvalue weighted by atomic mass is 10.1. The van der Waals surface area contributed by atoms with Crippen LogP contribution in [0.2, 0.25) is 0 Å². The maximum Gasteiger partial charge on any atom is 0.259 e. The van der Waals surface area contributed by atoms with Crippen LogP contribution in [0.25, 0.3) is 0 Å². The van der Waals surface area contributed by atoms with Gasteiger partial charge in [0.05, 0.1) is 28.4 Å². The molecule has 3 heterocycles. The zero-order valence-corrected chi connectivity index (χ0v) is 17.8. The highest BCUT2D eigenvalue weighted by atomic mass is 32.2. The second-order valence-electron chi connectivity index (χ2n) is 7.62. The number of pyridine rings is 1. The lowest BCUT2D eigenvalue weighted by molar-refractivity contribution is -0.113. The van der Waals surface area contributed by atoms with Gasteiger partial charge in [-0.05, 0) is 30.2 Å². The lowest BCUT2D eigenvalue weighted by Gasteiger charge is -2.27. The topological polar surface area (TPSA) is 65.5 Å². The normalized spacial score (nSPS) is 15.5. The van der Waals surface area contributed by atoms with Gasteiger partial charge in [-0.3, -0.25) is 9.59 Å². The van der Waals surface area contributed by atoms with Crippen molar-refractivity contribution in [3.8, 4) is 0 Å². The summed E-state index contributed by atoms with van der Waals surface area (Å²) in [5.41, 5.74) is 4.28. The molecule has 0 fully saturated rings. The van der Waals surface area contributed by atoms with E-state index in [-0.39, 0.29) is 11.8 Å². The fourth-order valence-electron chi connectivity index (χ4n) is 4.05. The standard InChI is InChI=1S/C24H22N4O2S/c29-22-16-31-23-19(26-22)13-18(14-25-23)24(30)28-12-6-11-27(15-17-7-2-1-3-8-17)20-9-4-5-10-21(20)28/h1-5,7-10,13-14H,6,11-12,15-16H2,(H,26,29). The maximum absolute atomic E-state index is 13.5. The van der Waals surface area contributed by atoms with Gasteiger partial charge in [0.25, 0.3) is 5.91 Å². The Kier molecular flexibility index (Phi) is 5.34. The van der Waals surface area contributed by atoms with E-state index in [1.54, 1.807) is 12.3 Å². The molecule has 2 aromatic carbocycles. The van der Waals surface area contributed by atoms with E-state index in [0.717, 1.165) is 35.9 Å². The molecular formula is C24H22N4O2S. The minimum absolute atomic E-state index is 0.0689. The molecule has 3 aromatic rings. The van der Waals surface area contributed by atoms with E-state index in [1.807, 2.05) is 29.2 Å². The van der Waals surface area contributed by atoms with E-state index in [1.165, 1.54) is 17.3 Å². The summed E-state index contributed by atoms with van der Waals surface area (Å²) in [6.45, 7) is 2.29. The highest BCUT2D eigenvalue weighted by Crippen LogP contribution is 2.35. The molecule has 7 heteroatoms. The molecule has 2 aliphatic rings. The molecule has 1 N–H and O–H groups in total. The van der Waals surface area contributed by atoms with Crippen LogP contribution < -0.4 is 15.1 Å². The van der Waals surface area contributed by atoms with Gasteiger partial charge in [-0.1, -0.05) is 54.2 Å². The number of nitrogens with one attached hydrogen (secondary N) is 1. The smallest absolute Gasteiger partial charge is 0.259 e. The van der Waals surface area contributed by atoms with E-state index in [0.29, 0.717) is 23.5 Å². The van der Waals surface area contributed by atoms with Crippen LogP contribution in [0, 0.1) is 0 Å². The van der Waals surface area contributed by atoms with Crippen LogP contribution in [0.5, 0.6) is 0 Å². The van der Waals surface area contributed by atoms with Crippen molar-refractivity contribution in [2.45, 2.75) is 18.0 Å². The van der Waals surface area contributed by atoms with E-state index in [4.69, 9.17) is 0 Å². The lowest BCUT2D eigenvalue weighted by Crippen LogP contribution is -2.32. The average molecular weight is 431 g/mol. The monoisotopic (exact) mass is 430 g/mol. The summed E-state index contributed by atoms with van der Waals surface area (Å²) in [4.78, 5) is 33.8. The Morgan fingerprint density at radius 2 is 1.81 bits per heavy atom. The third kappa shape index (κ3) is 4.01. The molecule has 1 aromatic heterocycles. The van der Waals surface area contributed by atoms with Gasteiger partial charge < -0.3 is 15.1 Å². The molecule has 0 spiro atoms. The quantitative estimate of drug-likeness (QED) is 0.675. The van der Waals surface area contributed by atoms with Gasteiger partial charge in [0.1, 0.15) is 5.03 Å². The summed E-state index contributed by atoms with van der Waals surface area (Å²) in [5.74, 6) is 0.180. The van der Waals surface area contributed by atoms with Crippen molar-refractivity contribution in [2.24, 2.45) is 0 Å². The van der Waals surface area contributed by atoms with Crippen molar-refractivity contribution < 1.29 is 9.59 Å². The molecule has 0 saturated heterocycles. The third-order valence-electron chi connectivity index (χ3n) is 5.50. The predicted molar refractivity (Wildman–Crippen MR) is 124 cm³/mol. The van der Waals surface area contributed by atoms with Crippen molar-refractivity contribution in [2.75, 3.05) is 34.0 Å². The third-order valence-corrected chi connectivity index (χ3v) is 6.50. The van der Waals surface area contributed by atoms with Gasteiger partial charge in [0, 0.05) is 25.8 Å². The Morgan fingerprint density at radius 3 is 2.65 bits per heavy atom. The molecule has 0 radical (unpaired) electrons. The first-order valence-electron chi connectivity index (χ1n) is 10.3. The van der Waals surface area contributed by atoms with Crippen molar-refractivity contribution in [1.82, 2.24) is 4.98 Å². The summed E-state index contributed by atoms with van der Waals surface area (Å²) in [7, 11) is 0. The fourth-order valence-corrected chi connectivity index (χ4v) is 4.78. The van der Waals surface area contributed by atoms with Gasteiger partial charge in [-0.15, -0.1) is 0 Å². The number of carbonyl (C=O) groups excluding carboxylic acids is 2. The summed E-state index contributed by atoms with van der Waals surface area (Å²) in [6.07, 6.45) is 2.47. The second kappa shape index (κ2) is 8.43. The second-order valence-corrected chi connectivity index (χ2v) is 8.58. The molecule has 5 rings (SSSR count). The zero-order chi connectivity index (χ0) is 21.2. The number of carbonyl (C=O) groups is 2. The van der Waals surface area contributed by atoms with Crippen LogP contribution in [0.1, 0.15) is 22.3 Å². The van der Waals surface area contributed by atoms with Gasteiger partial charge in [0.2, 0.25) is 5.91 Å². The number of rotatable bonds is 3. The molecule has 0 saturated carbocycles. The molecule has 0 atom stereocenters. The Hall–Kier alpha value is -3.32. The molecule has 2 amide bonds. The number of nitrogens with zero attached hydrogens (tertiary/aromatic N) is 3. The maximum atomic E-state index is 13.5. The van der Waals surface area contributed by atoms with Crippen LogP contribution in [-0.2, 0) is 11.3 Å². The predicted octanol–water partition coefficient (Wildman–Crippen LogP) is 4.18. The number of aromatic nitrogens is 1. The minimum atomic E-state index is -0.103. The molecule has 6 nitrogen and oxygen atoms in total. The molecule has 156 valence electrons. The Balaban J connectivity index is 1.46. The number of benzene rings is 2. The van der Waals surface area contributed by atoms with Gasteiger partial charge in [0.15, 0.2) is 0 Å². The number of anilines is 3. The largest absolute Gasteiger partial charge is 0.365 e. The Bertz CT molecular complexity index is 1140. The van der Waals surface area contributed by atoms with Gasteiger partial charge >= 0.3 is 0 Å². The summed E-state index contributed by atoms with van der Waals surface area (Å²) >= 11 is 1.39. The number of fused-ring (bicyclic) bond motifs is 2. The molecular weight excluding hydrogens is 408 g/mol. The first-order valence-corrected chi connectivity index (χ1v) is 11.3. The summed E-state index contributed by atoms with van der Waals surface area (Å²) < 4.78 is 0. The Morgan fingerprint density at radius 1 is 1.03 bits per heavy atom. The van der Waals surface area contributed by atoms with E-state index < -0.39 is 0 Å². The summed E-state index contributed by atoms with van der Waals surface area (Å²) in [6, 6.07) is 20.2. The van der Waals surface area contributed by atoms with Crippen LogP contribution in [0.3, 0.4) is 0 Å². The van der Waals surface area contributed by atoms with Crippen LogP contribution >= 0.6 is 11.8 Å². The number of hydrogen-bond acceptors (Lipinski definition) is 5. The number of hydrogen-bond donors (Lipinski definition) is 1. The molecule has 0 aliphatic carbocycles. The molecule has 2 aliphatic heterocycles. The zero-order valence-electron chi connectivity index (χ0n) is 17.0. The van der Waals surface area contributed by atoms with E-state index in [9.17, 15) is 9.59 Å².